The third-order valence-electron chi connectivity index (χ3n) is 4.42. The van der Waals surface area contributed by atoms with Crippen LogP contribution in [-0.4, -0.2) is 24.3 Å². The number of epoxide rings is 1. The van der Waals surface area contributed by atoms with Gasteiger partial charge in [-0.15, -0.1) is 0 Å². The smallest absolute Gasteiger partial charge is 0.306 e. The van der Waals surface area contributed by atoms with Crippen LogP contribution in [0.3, 0.4) is 0 Å². The highest BCUT2D eigenvalue weighted by atomic mass is 16.6. The molecule has 3 unspecified atom stereocenters. The van der Waals surface area contributed by atoms with Crippen LogP contribution in [-0.2, 0) is 14.3 Å². The van der Waals surface area contributed by atoms with Crippen molar-refractivity contribution in [3.63, 3.8) is 0 Å². The molecule has 0 aromatic rings. The van der Waals surface area contributed by atoms with Gasteiger partial charge in [0.15, 0.2) is 0 Å². The minimum Gasteiger partial charge on any atom is -0.462 e. The molecule has 3 atom stereocenters. The summed E-state index contributed by atoms with van der Waals surface area (Å²) in [6, 6.07) is 0. The van der Waals surface area contributed by atoms with Gasteiger partial charge in [-0.2, -0.15) is 0 Å². The van der Waals surface area contributed by atoms with Crippen molar-refractivity contribution in [3.8, 4) is 0 Å². The first kappa shape index (κ1) is 11.5. The standard InChI is InChI=1S/C14H22O3/c15-14(16-11-4-2-1-3-5-11)9-10-6-7-12-13(8-10)17-12/h10-13H,1-9H2. The van der Waals surface area contributed by atoms with E-state index in [-0.39, 0.29) is 12.1 Å². The third-order valence-corrected chi connectivity index (χ3v) is 4.42. The second kappa shape index (κ2) is 4.97. The van der Waals surface area contributed by atoms with Crippen molar-refractivity contribution in [3.05, 3.63) is 0 Å². The van der Waals surface area contributed by atoms with E-state index in [1.54, 1.807) is 0 Å². The van der Waals surface area contributed by atoms with Crippen molar-refractivity contribution in [2.45, 2.75) is 76.1 Å². The van der Waals surface area contributed by atoms with Crippen molar-refractivity contribution >= 4 is 5.97 Å². The van der Waals surface area contributed by atoms with Crippen molar-refractivity contribution in [1.82, 2.24) is 0 Å². The summed E-state index contributed by atoms with van der Waals surface area (Å²) in [5.74, 6) is 0.538. The van der Waals surface area contributed by atoms with Crippen LogP contribution >= 0.6 is 0 Å². The molecule has 3 heteroatoms. The van der Waals surface area contributed by atoms with Gasteiger partial charge < -0.3 is 9.47 Å². The van der Waals surface area contributed by atoms with Crippen molar-refractivity contribution in [1.29, 1.82) is 0 Å². The van der Waals surface area contributed by atoms with Crippen LogP contribution in [0, 0.1) is 5.92 Å². The number of fused-ring (bicyclic) bond motifs is 1. The van der Waals surface area contributed by atoms with Crippen LogP contribution in [0.15, 0.2) is 0 Å². The molecule has 3 nitrogen and oxygen atoms in total. The third kappa shape index (κ3) is 3.01. The van der Waals surface area contributed by atoms with E-state index >= 15 is 0 Å². The summed E-state index contributed by atoms with van der Waals surface area (Å²) in [7, 11) is 0. The van der Waals surface area contributed by atoms with Crippen molar-refractivity contribution < 1.29 is 14.3 Å². The van der Waals surface area contributed by atoms with Crippen LogP contribution in [0.5, 0.6) is 0 Å². The fourth-order valence-electron chi connectivity index (χ4n) is 3.32. The Morgan fingerprint density at radius 3 is 2.65 bits per heavy atom. The molecule has 3 aliphatic rings. The summed E-state index contributed by atoms with van der Waals surface area (Å²) in [4.78, 5) is 11.8. The molecule has 0 N–H and O–H groups in total. The Kier molecular flexibility index (Phi) is 3.37. The van der Waals surface area contributed by atoms with Crippen LogP contribution < -0.4 is 0 Å². The molecule has 0 spiro atoms. The zero-order valence-corrected chi connectivity index (χ0v) is 10.4. The van der Waals surface area contributed by atoms with E-state index in [4.69, 9.17) is 9.47 Å². The van der Waals surface area contributed by atoms with Gasteiger partial charge in [-0.3, -0.25) is 4.79 Å². The van der Waals surface area contributed by atoms with Crippen molar-refractivity contribution in [2.24, 2.45) is 5.92 Å². The van der Waals surface area contributed by atoms with E-state index in [9.17, 15) is 4.79 Å². The molecular formula is C14H22O3. The number of esters is 1. The summed E-state index contributed by atoms with van der Waals surface area (Å²) in [6.45, 7) is 0. The molecule has 0 aromatic heterocycles. The quantitative estimate of drug-likeness (QED) is 0.560. The molecule has 3 rings (SSSR count). The normalized spacial score (nSPS) is 37.3. The number of carbonyl (C=O) groups is 1. The fourth-order valence-corrected chi connectivity index (χ4v) is 3.32. The van der Waals surface area contributed by atoms with Gasteiger partial charge in [0.05, 0.1) is 12.2 Å². The molecule has 1 saturated heterocycles. The Labute approximate surface area is 103 Å². The van der Waals surface area contributed by atoms with Crippen LogP contribution in [0.1, 0.15) is 57.8 Å². The molecule has 17 heavy (non-hydrogen) atoms. The molecule has 0 amide bonds. The molecule has 3 fully saturated rings. The Morgan fingerprint density at radius 2 is 1.88 bits per heavy atom. The first-order chi connectivity index (χ1) is 8.31. The lowest BCUT2D eigenvalue weighted by Gasteiger charge is -2.23. The average Bonchev–Trinajstić information content (AvgIpc) is 3.08. The molecule has 0 bridgehead atoms. The van der Waals surface area contributed by atoms with Crippen LogP contribution in [0.2, 0.25) is 0 Å². The van der Waals surface area contributed by atoms with E-state index in [0.29, 0.717) is 24.5 Å². The maximum atomic E-state index is 11.8. The molecule has 2 saturated carbocycles. The second-order valence-corrected chi connectivity index (χ2v) is 5.85. The van der Waals surface area contributed by atoms with Gasteiger partial charge in [-0.05, 0) is 50.9 Å². The first-order valence-electron chi connectivity index (χ1n) is 7.16. The zero-order chi connectivity index (χ0) is 11.7. The first-order valence-corrected chi connectivity index (χ1v) is 7.16. The topological polar surface area (TPSA) is 38.8 Å². The second-order valence-electron chi connectivity index (χ2n) is 5.85. The lowest BCUT2D eigenvalue weighted by atomic mass is 9.87. The Balaban J connectivity index is 1.40. The highest BCUT2D eigenvalue weighted by molar-refractivity contribution is 5.69. The highest BCUT2D eigenvalue weighted by Gasteiger charge is 2.44. The minimum absolute atomic E-state index is 0.0287. The van der Waals surface area contributed by atoms with Gasteiger partial charge in [0.25, 0.3) is 0 Å². The van der Waals surface area contributed by atoms with Crippen molar-refractivity contribution in [2.75, 3.05) is 0 Å². The van der Waals surface area contributed by atoms with Gasteiger partial charge in [0.1, 0.15) is 6.10 Å². The van der Waals surface area contributed by atoms with Crippen LogP contribution in [0.4, 0.5) is 0 Å². The Morgan fingerprint density at radius 1 is 1.06 bits per heavy atom. The molecule has 0 radical (unpaired) electrons. The van der Waals surface area contributed by atoms with Gasteiger partial charge in [-0.1, -0.05) is 6.42 Å². The summed E-state index contributed by atoms with van der Waals surface area (Å²) < 4.78 is 11.1. The SMILES string of the molecule is O=C(CC1CCC2OC2C1)OC1CCCCC1. The summed E-state index contributed by atoms with van der Waals surface area (Å²) in [5.41, 5.74) is 0. The van der Waals surface area contributed by atoms with Gasteiger partial charge in [-0.25, -0.2) is 0 Å². The van der Waals surface area contributed by atoms with E-state index in [2.05, 4.69) is 0 Å². The number of rotatable bonds is 3. The lowest BCUT2D eigenvalue weighted by Crippen LogP contribution is -2.24. The highest BCUT2D eigenvalue weighted by Crippen LogP contribution is 2.40. The maximum absolute atomic E-state index is 11.8. The largest absolute Gasteiger partial charge is 0.462 e. The lowest BCUT2D eigenvalue weighted by molar-refractivity contribution is -0.151. The summed E-state index contributed by atoms with van der Waals surface area (Å²) in [6.07, 6.45) is 11.1. The summed E-state index contributed by atoms with van der Waals surface area (Å²) in [5, 5.41) is 0. The molecule has 1 aliphatic heterocycles. The number of carbonyl (C=O) groups excluding carboxylic acids is 1. The minimum atomic E-state index is 0.0287. The number of ether oxygens (including phenoxy) is 2. The predicted octanol–water partition coefficient (Wildman–Crippen LogP) is 2.82. The number of hydrogen-bond donors (Lipinski definition) is 0. The zero-order valence-electron chi connectivity index (χ0n) is 10.4. The average molecular weight is 238 g/mol. The van der Waals surface area contributed by atoms with Gasteiger partial charge >= 0.3 is 5.97 Å². The predicted molar refractivity (Wildman–Crippen MR) is 63.6 cm³/mol. The number of hydrogen-bond acceptors (Lipinski definition) is 3. The molecule has 1 heterocycles. The van der Waals surface area contributed by atoms with Gasteiger partial charge in [0.2, 0.25) is 0 Å². The fraction of sp³-hybridized carbons (Fsp3) is 0.929. The van der Waals surface area contributed by atoms with Crippen LogP contribution in [0.25, 0.3) is 0 Å². The van der Waals surface area contributed by atoms with E-state index < -0.39 is 0 Å². The van der Waals surface area contributed by atoms with E-state index in [0.717, 1.165) is 32.1 Å². The molecule has 2 aliphatic carbocycles. The summed E-state index contributed by atoms with van der Waals surface area (Å²) >= 11 is 0. The van der Waals surface area contributed by atoms with E-state index in [1.165, 1.54) is 19.3 Å². The molecule has 0 aromatic carbocycles. The van der Waals surface area contributed by atoms with Gasteiger partial charge in [0, 0.05) is 6.42 Å². The van der Waals surface area contributed by atoms with E-state index in [1.807, 2.05) is 0 Å². The Hall–Kier alpha value is -0.570. The monoisotopic (exact) mass is 238 g/mol. The maximum Gasteiger partial charge on any atom is 0.306 e. The molecule has 96 valence electrons. The Bertz CT molecular complexity index is 283. The molecular weight excluding hydrogens is 216 g/mol.